The predicted octanol–water partition coefficient (Wildman–Crippen LogP) is 2.17. The number of anilines is 2. The molecular formula is C13H20N4. The Kier molecular flexibility index (Phi) is 2.65. The maximum Gasteiger partial charge on any atom is 0.222 e. The summed E-state index contributed by atoms with van der Waals surface area (Å²) in [6, 6.07) is 2.14. The summed E-state index contributed by atoms with van der Waals surface area (Å²) in [7, 11) is 0. The second-order valence-corrected chi connectivity index (χ2v) is 5.45. The van der Waals surface area contributed by atoms with E-state index in [0.717, 1.165) is 30.5 Å². The first-order chi connectivity index (χ1) is 8.22. The van der Waals surface area contributed by atoms with E-state index < -0.39 is 0 Å². The summed E-state index contributed by atoms with van der Waals surface area (Å²) in [4.78, 5) is 11.1. The Balaban J connectivity index is 1.81. The van der Waals surface area contributed by atoms with Gasteiger partial charge in [0.2, 0.25) is 5.95 Å². The summed E-state index contributed by atoms with van der Waals surface area (Å²) >= 11 is 0. The van der Waals surface area contributed by atoms with Gasteiger partial charge in [0.1, 0.15) is 5.82 Å². The van der Waals surface area contributed by atoms with Crippen molar-refractivity contribution in [1.82, 2.24) is 9.97 Å². The van der Waals surface area contributed by atoms with Crippen LogP contribution in [0.15, 0.2) is 6.07 Å². The average molecular weight is 232 g/mol. The molecular weight excluding hydrogens is 212 g/mol. The van der Waals surface area contributed by atoms with Gasteiger partial charge in [-0.25, -0.2) is 4.98 Å². The fourth-order valence-electron chi connectivity index (χ4n) is 2.46. The first-order valence-electron chi connectivity index (χ1n) is 6.62. The van der Waals surface area contributed by atoms with E-state index in [9.17, 15) is 0 Å². The Bertz CT molecular complexity index is 406. The van der Waals surface area contributed by atoms with Crippen molar-refractivity contribution in [3.8, 4) is 0 Å². The third-order valence-corrected chi connectivity index (χ3v) is 3.85. The van der Waals surface area contributed by atoms with Crippen molar-refractivity contribution in [2.45, 2.75) is 38.5 Å². The zero-order valence-corrected chi connectivity index (χ0v) is 10.4. The first-order valence-corrected chi connectivity index (χ1v) is 6.62. The first kappa shape index (κ1) is 10.8. The maximum atomic E-state index is 5.81. The highest BCUT2D eigenvalue weighted by atomic mass is 15.2. The lowest BCUT2D eigenvalue weighted by Gasteiger charge is -2.31. The van der Waals surface area contributed by atoms with E-state index in [2.05, 4.69) is 27.9 Å². The standard InChI is InChI=1S/C13H20N4/c1-9-4-6-17(7-5-9)12-8-11(10-2-3-10)15-13(14)16-12/h8-10H,2-7H2,1H3,(H2,14,15,16). The van der Waals surface area contributed by atoms with Crippen molar-refractivity contribution in [2.24, 2.45) is 5.92 Å². The molecule has 1 aliphatic carbocycles. The number of aromatic nitrogens is 2. The molecule has 0 radical (unpaired) electrons. The number of nitrogens with zero attached hydrogens (tertiary/aromatic N) is 3. The van der Waals surface area contributed by atoms with Crippen LogP contribution in [0, 0.1) is 5.92 Å². The second kappa shape index (κ2) is 4.17. The minimum absolute atomic E-state index is 0.433. The summed E-state index contributed by atoms with van der Waals surface area (Å²) in [5.41, 5.74) is 6.95. The van der Waals surface area contributed by atoms with Crippen molar-refractivity contribution in [2.75, 3.05) is 23.7 Å². The molecule has 0 atom stereocenters. The van der Waals surface area contributed by atoms with Crippen molar-refractivity contribution >= 4 is 11.8 Å². The Morgan fingerprint density at radius 1 is 1.18 bits per heavy atom. The Labute approximate surface area is 102 Å². The molecule has 2 fully saturated rings. The van der Waals surface area contributed by atoms with Crippen LogP contribution >= 0.6 is 0 Å². The van der Waals surface area contributed by atoms with E-state index in [1.54, 1.807) is 0 Å². The molecule has 92 valence electrons. The third-order valence-electron chi connectivity index (χ3n) is 3.85. The number of rotatable bonds is 2. The van der Waals surface area contributed by atoms with Gasteiger partial charge in [-0.15, -0.1) is 0 Å². The Morgan fingerprint density at radius 3 is 2.53 bits per heavy atom. The zero-order valence-electron chi connectivity index (χ0n) is 10.4. The molecule has 0 bridgehead atoms. The summed E-state index contributed by atoms with van der Waals surface area (Å²) in [6.07, 6.45) is 5.02. The van der Waals surface area contributed by atoms with Gasteiger partial charge in [0.05, 0.1) is 5.69 Å². The molecule has 2 aliphatic rings. The molecule has 1 aliphatic heterocycles. The van der Waals surface area contributed by atoms with Gasteiger partial charge in [-0.3, -0.25) is 0 Å². The lowest BCUT2D eigenvalue weighted by atomic mass is 9.99. The molecule has 0 aromatic carbocycles. The van der Waals surface area contributed by atoms with Crippen LogP contribution in [-0.2, 0) is 0 Å². The molecule has 0 spiro atoms. The normalized spacial score (nSPS) is 21.8. The average Bonchev–Trinajstić information content (AvgIpc) is 3.13. The fourth-order valence-corrected chi connectivity index (χ4v) is 2.46. The predicted molar refractivity (Wildman–Crippen MR) is 69.0 cm³/mol. The molecule has 4 heteroatoms. The molecule has 2 N–H and O–H groups in total. The molecule has 1 aromatic rings. The fraction of sp³-hybridized carbons (Fsp3) is 0.692. The number of hydrogen-bond donors (Lipinski definition) is 1. The van der Waals surface area contributed by atoms with Gasteiger partial charge < -0.3 is 10.6 Å². The van der Waals surface area contributed by atoms with Crippen LogP contribution in [0.25, 0.3) is 0 Å². The second-order valence-electron chi connectivity index (χ2n) is 5.45. The molecule has 0 unspecified atom stereocenters. The minimum Gasteiger partial charge on any atom is -0.368 e. The quantitative estimate of drug-likeness (QED) is 0.849. The van der Waals surface area contributed by atoms with Gasteiger partial charge >= 0.3 is 0 Å². The summed E-state index contributed by atoms with van der Waals surface area (Å²) < 4.78 is 0. The van der Waals surface area contributed by atoms with Gasteiger partial charge in [0, 0.05) is 25.1 Å². The Hall–Kier alpha value is -1.32. The van der Waals surface area contributed by atoms with E-state index in [4.69, 9.17) is 5.73 Å². The molecule has 0 amide bonds. The van der Waals surface area contributed by atoms with E-state index in [-0.39, 0.29) is 0 Å². The molecule has 1 aromatic heterocycles. The smallest absolute Gasteiger partial charge is 0.222 e. The zero-order chi connectivity index (χ0) is 11.8. The van der Waals surface area contributed by atoms with E-state index in [0.29, 0.717) is 11.9 Å². The summed E-state index contributed by atoms with van der Waals surface area (Å²) in [5, 5.41) is 0. The molecule has 17 heavy (non-hydrogen) atoms. The van der Waals surface area contributed by atoms with Gasteiger partial charge in [-0.1, -0.05) is 6.92 Å². The molecule has 1 saturated carbocycles. The van der Waals surface area contributed by atoms with Crippen molar-refractivity contribution in [3.63, 3.8) is 0 Å². The van der Waals surface area contributed by atoms with Crippen LogP contribution in [-0.4, -0.2) is 23.1 Å². The Morgan fingerprint density at radius 2 is 1.88 bits per heavy atom. The number of piperidine rings is 1. The van der Waals surface area contributed by atoms with E-state index in [1.807, 2.05) is 0 Å². The SMILES string of the molecule is CC1CCN(c2cc(C3CC3)nc(N)n2)CC1. The lowest BCUT2D eigenvalue weighted by molar-refractivity contribution is 0.436. The number of hydrogen-bond acceptors (Lipinski definition) is 4. The van der Waals surface area contributed by atoms with E-state index in [1.165, 1.54) is 25.7 Å². The molecule has 2 heterocycles. The van der Waals surface area contributed by atoms with Crippen molar-refractivity contribution < 1.29 is 0 Å². The molecule has 4 nitrogen and oxygen atoms in total. The van der Waals surface area contributed by atoms with Crippen LogP contribution < -0.4 is 10.6 Å². The lowest BCUT2D eigenvalue weighted by Crippen LogP contribution is -2.33. The number of nitrogens with two attached hydrogens (primary N) is 1. The summed E-state index contributed by atoms with van der Waals surface area (Å²) in [6.45, 7) is 4.52. The van der Waals surface area contributed by atoms with Crippen molar-refractivity contribution in [1.29, 1.82) is 0 Å². The van der Waals surface area contributed by atoms with Gasteiger partial charge in [0.25, 0.3) is 0 Å². The maximum absolute atomic E-state index is 5.81. The van der Waals surface area contributed by atoms with Crippen LogP contribution in [0.5, 0.6) is 0 Å². The van der Waals surface area contributed by atoms with E-state index >= 15 is 0 Å². The minimum atomic E-state index is 0.433. The van der Waals surface area contributed by atoms with Crippen LogP contribution in [0.3, 0.4) is 0 Å². The topological polar surface area (TPSA) is 55.0 Å². The largest absolute Gasteiger partial charge is 0.368 e. The van der Waals surface area contributed by atoms with Gasteiger partial charge in [-0.2, -0.15) is 4.98 Å². The molecule has 3 rings (SSSR count). The van der Waals surface area contributed by atoms with Crippen LogP contribution in [0.4, 0.5) is 11.8 Å². The van der Waals surface area contributed by atoms with Gasteiger partial charge in [-0.05, 0) is 31.6 Å². The highest BCUT2D eigenvalue weighted by Crippen LogP contribution is 2.40. The van der Waals surface area contributed by atoms with Crippen LogP contribution in [0.2, 0.25) is 0 Å². The highest BCUT2D eigenvalue weighted by molar-refractivity contribution is 5.45. The monoisotopic (exact) mass is 232 g/mol. The van der Waals surface area contributed by atoms with Crippen LogP contribution in [0.1, 0.15) is 44.2 Å². The van der Waals surface area contributed by atoms with Crippen molar-refractivity contribution in [3.05, 3.63) is 11.8 Å². The highest BCUT2D eigenvalue weighted by Gasteiger charge is 2.27. The summed E-state index contributed by atoms with van der Waals surface area (Å²) in [5.74, 6) is 2.95. The molecule has 1 saturated heterocycles. The third kappa shape index (κ3) is 2.35. The van der Waals surface area contributed by atoms with Gasteiger partial charge in [0.15, 0.2) is 0 Å². The number of nitrogen functional groups attached to an aromatic ring is 1.